The second-order valence-electron chi connectivity index (χ2n) is 9.10. The van der Waals surface area contributed by atoms with Crippen LogP contribution in [0.4, 0.5) is 5.69 Å². The highest BCUT2D eigenvalue weighted by Gasteiger charge is 2.31. The van der Waals surface area contributed by atoms with Crippen molar-refractivity contribution in [3.63, 3.8) is 0 Å². The maximum atomic E-state index is 13.6. The summed E-state index contributed by atoms with van der Waals surface area (Å²) in [5, 5.41) is 11.4. The van der Waals surface area contributed by atoms with E-state index in [0.29, 0.717) is 29.9 Å². The molecule has 1 aliphatic heterocycles. The molecule has 1 aliphatic rings. The first-order chi connectivity index (χ1) is 17.8. The summed E-state index contributed by atoms with van der Waals surface area (Å²) in [6.07, 6.45) is 1.25. The van der Waals surface area contributed by atoms with Crippen LogP contribution in [0.5, 0.6) is 0 Å². The third-order valence-electron chi connectivity index (χ3n) is 6.48. The zero-order valence-corrected chi connectivity index (χ0v) is 21.1. The van der Waals surface area contributed by atoms with Gasteiger partial charge in [-0.2, -0.15) is 0 Å². The van der Waals surface area contributed by atoms with Crippen LogP contribution in [0.3, 0.4) is 0 Å². The lowest BCUT2D eigenvalue weighted by molar-refractivity contribution is -0.384. The number of likely N-dealkylation sites (tertiary alicyclic amines) is 1. The van der Waals surface area contributed by atoms with Gasteiger partial charge in [-0.3, -0.25) is 20.0 Å². The lowest BCUT2D eigenvalue weighted by atomic mass is 9.92. The van der Waals surface area contributed by atoms with Crippen molar-refractivity contribution in [1.82, 2.24) is 9.88 Å². The summed E-state index contributed by atoms with van der Waals surface area (Å²) in [5.41, 5.74) is 2.49. The molecule has 0 bridgehead atoms. The Bertz CT molecular complexity index is 1320. The second kappa shape index (κ2) is 11.3. The number of esters is 2. The highest BCUT2D eigenvalue weighted by atomic mass is 16.6. The van der Waals surface area contributed by atoms with Gasteiger partial charge in [-0.1, -0.05) is 42.5 Å². The number of aromatic nitrogens is 1. The molecule has 0 saturated carbocycles. The number of rotatable bonds is 7. The standard InChI is InChI=1S/C28H29N3O6/c1-18-24(27(32)36-3)26(21-11-7-12-22(15-21)31(34)35)25(19(2)29-18)28(33)37-23-13-8-14-30(17-23)16-20-9-5-4-6-10-20/h4-7,9-12,15,23H,8,13-14,16-17H2,1-3H3/t23-/m1/s1. The minimum Gasteiger partial charge on any atom is -0.465 e. The number of methoxy groups -OCH3 is 1. The smallest absolute Gasteiger partial charge is 0.340 e. The molecule has 4 rings (SSSR count). The average Bonchev–Trinajstić information content (AvgIpc) is 2.88. The highest BCUT2D eigenvalue weighted by molar-refractivity contribution is 6.07. The van der Waals surface area contributed by atoms with Crippen molar-refractivity contribution in [2.75, 3.05) is 20.2 Å². The lowest BCUT2D eigenvalue weighted by Gasteiger charge is -2.32. The van der Waals surface area contributed by atoms with Gasteiger partial charge in [0.05, 0.1) is 34.5 Å². The Balaban J connectivity index is 1.69. The van der Waals surface area contributed by atoms with Crippen molar-refractivity contribution in [3.8, 4) is 11.1 Å². The SMILES string of the molecule is COC(=O)c1c(C)nc(C)c(C(=O)O[C@@H]2CCCN(Cc3ccccc3)C2)c1-c1cccc([N+](=O)[O-])c1. The number of nitro groups is 1. The fourth-order valence-electron chi connectivity index (χ4n) is 4.82. The fourth-order valence-corrected chi connectivity index (χ4v) is 4.82. The number of hydrogen-bond donors (Lipinski definition) is 0. The summed E-state index contributed by atoms with van der Waals surface area (Å²) in [6, 6.07) is 15.9. The lowest BCUT2D eigenvalue weighted by Crippen LogP contribution is -2.40. The quantitative estimate of drug-likeness (QED) is 0.255. The van der Waals surface area contributed by atoms with Gasteiger partial charge in [0.25, 0.3) is 5.69 Å². The molecule has 3 aromatic rings. The number of pyridine rings is 1. The van der Waals surface area contributed by atoms with E-state index in [-0.39, 0.29) is 28.5 Å². The zero-order chi connectivity index (χ0) is 26.5. The monoisotopic (exact) mass is 503 g/mol. The molecule has 2 aromatic carbocycles. The normalized spacial score (nSPS) is 15.7. The fraction of sp³-hybridized carbons (Fsp3) is 0.321. The van der Waals surface area contributed by atoms with E-state index in [1.807, 2.05) is 18.2 Å². The number of piperidine rings is 1. The van der Waals surface area contributed by atoms with Crippen LogP contribution in [0.1, 0.15) is 50.5 Å². The van der Waals surface area contributed by atoms with E-state index < -0.39 is 16.9 Å². The van der Waals surface area contributed by atoms with Crippen LogP contribution in [0, 0.1) is 24.0 Å². The maximum absolute atomic E-state index is 13.6. The first kappa shape index (κ1) is 26.0. The molecule has 192 valence electrons. The van der Waals surface area contributed by atoms with Crippen molar-refractivity contribution < 1.29 is 24.0 Å². The molecule has 1 aromatic heterocycles. The number of non-ortho nitro benzene ring substituents is 1. The molecule has 1 fully saturated rings. The summed E-state index contributed by atoms with van der Waals surface area (Å²) in [6.45, 7) is 5.53. The molecule has 37 heavy (non-hydrogen) atoms. The number of aryl methyl sites for hydroxylation is 2. The number of nitrogens with zero attached hydrogens (tertiary/aromatic N) is 3. The molecule has 9 nitrogen and oxygen atoms in total. The number of benzene rings is 2. The van der Waals surface area contributed by atoms with Gasteiger partial charge in [0.15, 0.2) is 0 Å². The van der Waals surface area contributed by atoms with Gasteiger partial charge in [0.1, 0.15) is 6.10 Å². The van der Waals surface area contributed by atoms with E-state index in [1.54, 1.807) is 19.9 Å². The van der Waals surface area contributed by atoms with Gasteiger partial charge in [0.2, 0.25) is 0 Å². The van der Waals surface area contributed by atoms with Crippen molar-refractivity contribution in [3.05, 3.63) is 92.8 Å². The van der Waals surface area contributed by atoms with Crippen LogP contribution in [0.25, 0.3) is 11.1 Å². The van der Waals surface area contributed by atoms with Gasteiger partial charge < -0.3 is 9.47 Å². The van der Waals surface area contributed by atoms with Crippen LogP contribution < -0.4 is 0 Å². The summed E-state index contributed by atoms with van der Waals surface area (Å²) in [7, 11) is 1.24. The molecule has 2 heterocycles. The molecule has 0 aliphatic carbocycles. The Morgan fingerprint density at radius 3 is 2.43 bits per heavy atom. The van der Waals surface area contributed by atoms with E-state index in [9.17, 15) is 19.7 Å². The number of ether oxygens (including phenoxy) is 2. The summed E-state index contributed by atoms with van der Waals surface area (Å²) >= 11 is 0. The molecule has 1 atom stereocenters. The van der Waals surface area contributed by atoms with Crippen LogP contribution in [-0.2, 0) is 16.0 Å². The molecular formula is C28H29N3O6. The topological polar surface area (TPSA) is 112 Å². The molecule has 0 spiro atoms. The van der Waals surface area contributed by atoms with Crippen LogP contribution >= 0.6 is 0 Å². The molecule has 0 N–H and O–H groups in total. The van der Waals surface area contributed by atoms with Gasteiger partial charge in [-0.25, -0.2) is 9.59 Å². The minimum atomic E-state index is -0.688. The Hall–Kier alpha value is -4.11. The Kier molecular flexibility index (Phi) is 7.93. The molecule has 0 unspecified atom stereocenters. The number of hydrogen-bond acceptors (Lipinski definition) is 8. The average molecular weight is 504 g/mol. The summed E-state index contributed by atoms with van der Waals surface area (Å²) in [4.78, 5) is 44.0. The highest BCUT2D eigenvalue weighted by Crippen LogP contribution is 2.34. The van der Waals surface area contributed by atoms with Crippen molar-refractivity contribution >= 4 is 17.6 Å². The molecular weight excluding hydrogens is 474 g/mol. The van der Waals surface area contributed by atoms with E-state index in [4.69, 9.17) is 9.47 Å². The summed E-state index contributed by atoms with van der Waals surface area (Å²) in [5.74, 6) is -1.31. The van der Waals surface area contributed by atoms with Crippen molar-refractivity contribution in [2.45, 2.75) is 39.3 Å². The number of carbonyl (C=O) groups is 2. The van der Waals surface area contributed by atoms with E-state index in [1.165, 1.54) is 30.9 Å². The third kappa shape index (κ3) is 5.83. The number of carbonyl (C=O) groups excluding carboxylic acids is 2. The Labute approximate surface area is 215 Å². The first-order valence-corrected chi connectivity index (χ1v) is 12.1. The molecule has 0 amide bonds. The second-order valence-corrected chi connectivity index (χ2v) is 9.10. The maximum Gasteiger partial charge on any atom is 0.340 e. The Morgan fingerprint density at radius 1 is 1.05 bits per heavy atom. The van der Waals surface area contributed by atoms with E-state index in [2.05, 4.69) is 22.0 Å². The van der Waals surface area contributed by atoms with Gasteiger partial charge >= 0.3 is 11.9 Å². The van der Waals surface area contributed by atoms with Gasteiger partial charge in [0, 0.05) is 30.8 Å². The summed E-state index contributed by atoms with van der Waals surface area (Å²) < 4.78 is 10.9. The van der Waals surface area contributed by atoms with Gasteiger partial charge in [-0.05, 0) is 44.4 Å². The van der Waals surface area contributed by atoms with Crippen LogP contribution in [0.15, 0.2) is 54.6 Å². The van der Waals surface area contributed by atoms with Crippen molar-refractivity contribution in [2.24, 2.45) is 0 Å². The predicted octanol–water partition coefficient (Wildman–Crippen LogP) is 4.88. The van der Waals surface area contributed by atoms with Crippen LogP contribution in [-0.4, -0.2) is 53.0 Å². The Morgan fingerprint density at radius 2 is 1.76 bits per heavy atom. The van der Waals surface area contributed by atoms with Crippen molar-refractivity contribution in [1.29, 1.82) is 0 Å². The largest absolute Gasteiger partial charge is 0.465 e. The predicted molar refractivity (Wildman–Crippen MR) is 137 cm³/mol. The molecule has 1 saturated heterocycles. The molecule has 0 radical (unpaired) electrons. The van der Waals surface area contributed by atoms with E-state index in [0.717, 1.165) is 19.5 Å². The first-order valence-electron chi connectivity index (χ1n) is 12.1. The van der Waals surface area contributed by atoms with E-state index >= 15 is 0 Å². The molecule has 9 heteroatoms. The minimum absolute atomic E-state index is 0.0786. The van der Waals surface area contributed by atoms with Crippen LogP contribution in [0.2, 0.25) is 0 Å². The third-order valence-corrected chi connectivity index (χ3v) is 6.48. The van der Waals surface area contributed by atoms with Gasteiger partial charge in [-0.15, -0.1) is 0 Å². The zero-order valence-electron chi connectivity index (χ0n) is 21.1. The number of nitro benzene ring substituents is 1.